The van der Waals surface area contributed by atoms with E-state index in [1.54, 1.807) is 0 Å². The average Bonchev–Trinajstić information content (AvgIpc) is 3.28. The summed E-state index contributed by atoms with van der Waals surface area (Å²) in [6.45, 7) is 5.84. The van der Waals surface area contributed by atoms with Crippen LogP contribution in [0, 0.1) is 0 Å². The molecule has 1 N–H and O–H groups in total. The van der Waals surface area contributed by atoms with E-state index in [2.05, 4.69) is 61.4 Å². The first-order valence-electron chi connectivity index (χ1n) is 7.79. The van der Waals surface area contributed by atoms with Crippen LogP contribution in [0.5, 0.6) is 0 Å². The van der Waals surface area contributed by atoms with Crippen molar-refractivity contribution in [2.45, 2.75) is 57.7 Å². The van der Waals surface area contributed by atoms with E-state index in [1.165, 1.54) is 37.8 Å². The lowest BCUT2D eigenvalue weighted by atomic mass is 9.95. The van der Waals surface area contributed by atoms with Gasteiger partial charge in [0.1, 0.15) is 0 Å². The van der Waals surface area contributed by atoms with E-state index in [1.807, 2.05) is 0 Å². The molecule has 2 nitrogen and oxygen atoms in total. The van der Waals surface area contributed by atoms with Gasteiger partial charge >= 0.3 is 0 Å². The molecule has 0 radical (unpaired) electrons. The van der Waals surface area contributed by atoms with E-state index >= 15 is 0 Å². The summed E-state index contributed by atoms with van der Waals surface area (Å²) in [5.41, 5.74) is 1.42. The van der Waals surface area contributed by atoms with Crippen LogP contribution in [-0.2, 0) is 0 Å². The van der Waals surface area contributed by atoms with Crippen LogP contribution in [0.1, 0.15) is 51.1 Å². The monoisotopic (exact) mass is 260 g/mol. The second-order valence-corrected chi connectivity index (χ2v) is 5.62. The Labute approximate surface area is 118 Å². The first kappa shape index (κ1) is 14.5. The molecule has 2 heteroatoms. The molecule has 0 heterocycles. The number of nitrogens with one attached hydrogen (secondary N) is 1. The molecule has 2 rings (SSSR count). The van der Waals surface area contributed by atoms with Crippen LogP contribution < -0.4 is 5.32 Å². The van der Waals surface area contributed by atoms with E-state index < -0.39 is 0 Å². The molecule has 1 aromatic rings. The first-order valence-corrected chi connectivity index (χ1v) is 7.79. The summed E-state index contributed by atoms with van der Waals surface area (Å²) in [6.07, 6.45) is 5.23. The van der Waals surface area contributed by atoms with Crippen LogP contribution in [0.3, 0.4) is 0 Å². The fraction of sp³-hybridized carbons (Fsp3) is 0.647. The molecule has 0 spiro atoms. The zero-order valence-corrected chi connectivity index (χ0v) is 12.6. The Morgan fingerprint density at radius 3 is 2.37 bits per heavy atom. The SMILES string of the molecule is CCCN(C1CC1)C(CC)C(NC)c1ccccc1. The molecule has 2 unspecified atom stereocenters. The van der Waals surface area contributed by atoms with Crippen molar-refractivity contribution in [3.8, 4) is 0 Å². The number of hydrogen-bond donors (Lipinski definition) is 1. The van der Waals surface area contributed by atoms with Crippen LogP contribution in [0.2, 0.25) is 0 Å². The molecule has 2 atom stereocenters. The Morgan fingerprint density at radius 1 is 1.21 bits per heavy atom. The third-order valence-corrected chi connectivity index (χ3v) is 4.20. The molecule has 1 fully saturated rings. The van der Waals surface area contributed by atoms with Gasteiger partial charge in [0.25, 0.3) is 0 Å². The molecule has 1 saturated carbocycles. The Hall–Kier alpha value is -0.860. The van der Waals surface area contributed by atoms with Gasteiger partial charge in [-0.15, -0.1) is 0 Å². The largest absolute Gasteiger partial charge is 0.312 e. The molecule has 0 aromatic heterocycles. The Bertz CT molecular complexity index is 359. The maximum absolute atomic E-state index is 3.55. The van der Waals surface area contributed by atoms with E-state index in [0.717, 1.165) is 6.04 Å². The topological polar surface area (TPSA) is 15.3 Å². The summed E-state index contributed by atoms with van der Waals surface area (Å²) in [7, 11) is 2.09. The molecule has 1 aliphatic carbocycles. The summed E-state index contributed by atoms with van der Waals surface area (Å²) in [5.74, 6) is 0. The normalized spacial score (nSPS) is 18.5. The van der Waals surface area contributed by atoms with Gasteiger partial charge in [-0.05, 0) is 44.8 Å². The predicted molar refractivity (Wildman–Crippen MR) is 82.3 cm³/mol. The molecule has 0 saturated heterocycles. The first-order chi connectivity index (χ1) is 9.31. The number of likely N-dealkylation sites (N-methyl/N-ethyl adjacent to an activating group) is 1. The van der Waals surface area contributed by atoms with E-state index in [9.17, 15) is 0 Å². The van der Waals surface area contributed by atoms with Gasteiger partial charge in [-0.1, -0.05) is 44.2 Å². The summed E-state index contributed by atoms with van der Waals surface area (Å²) in [5, 5.41) is 3.55. The van der Waals surface area contributed by atoms with Gasteiger partial charge < -0.3 is 5.32 Å². The molecule has 19 heavy (non-hydrogen) atoms. The number of hydrogen-bond acceptors (Lipinski definition) is 2. The van der Waals surface area contributed by atoms with E-state index in [0.29, 0.717) is 12.1 Å². The molecule has 0 amide bonds. The lowest BCUT2D eigenvalue weighted by Crippen LogP contribution is -2.45. The highest BCUT2D eigenvalue weighted by molar-refractivity contribution is 5.21. The number of benzene rings is 1. The quantitative estimate of drug-likeness (QED) is 0.768. The molecule has 1 aliphatic rings. The van der Waals surface area contributed by atoms with E-state index in [-0.39, 0.29) is 0 Å². The van der Waals surface area contributed by atoms with Gasteiger partial charge in [-0.2, -0.15) is 0 Å². The molecule has 0 aliphatic heterocycles. The van der Waals surface area contributed by atoms with Gasteiger partial charge in [-0.25, -0.2) is 0 Å². The summed E-state index contributed by atoms with van der Waals surface area (Å²) < 4.78 is 0. The lowest BCUT2D eigenvalue weighted by Gasteiger charge is -2.37. The maximum Gasteiger partial charge on any atom is 0.0475 e. The Balaban J connectivity index is 2.17. The number of nitrogens with zero attached hydrogens (tertiary/aromatic N) is 1. The molecule has 106 valence electrons. The van der Waals surface area contributed by atoms with Crippen molar-refractivity contribution < 1.29 is 0 Å². The van der Waals surface area contributed by atoms with Crippen molar-refractivity contribution in [3.05, 3.63) is 35.9 Å². The zero-order valence-electron chi connectivity index (χ0n) is 12.6. The second-order valence-electron chi connectivity index (χ2n) is 5.62. The predicted octanol–water partition coefficient (Wildman–Crippen LogP) is 3.60. The van der Waals surface area contributed by atoms with Crippen LogP contribution in [-0.4, -0.2) is 30.6 Å². The summed E-state index contributed by atoms with van der Waals surface area (Å²) in [6, 6.07) is 12.8. The number of rotatable bonds is 8. The smallest absolute Gasteiger partial charge is 0.0475 e. The van der Waals surface area contributed by atoms with Crippen LogP contribution in [0.25, 0.3) is 0 Å². The summed E-state index contributed by atoms with van der Waals surface area (Å²) in [4.78, 5) is 2.74. The molecular weight excluding hydrogens is 232 g/mol. The fourth-order valence-electron chi connectivity index (χ4n) is 3.19. The van der Waals surface area contributed by atoms with Crippen LogP contribution >= 0.6 is 0 Å². The van der Waals surface area contributed by atoms with Gasteiger partial charge in [-0.3, -0.25) is 4.90 Å². The highest BCUT2D eigenvalue weighted by atomic mass is 15.2. The fourth-order valence-corrected chi connectivity index (χ4v) is 3.19. The van der Waals surface area contributed by atoms with Gasteiger partial charge in [0.2, 0.25) is 0 Å². The highest BCUT2D eigenvalue weighted by Crippen LogP contribution is 2.34. The lowest BCUT2D eigenvalue weighted by molar-refractivity contribution is 0.145. The second kappa shape index (κ2) is 7.06. The van der Waals surface area contributed by atoms with Crippen LogP contribution in [0.4, 0.5) is 0 Å². The van der Waals surface area contributed by atoms with Crippen molar-refractivity contribution in [1.29, 1.82) is 0 Å². The molecule has 0 bridgehead atoms. The highest BCUT2D eigenvalue weighted by Gasteiger charge is 2.36. The Morgan fingerprint density at radius 2 is 1.89 bits per heavy atom. The van der Waals surface area contributed by atoms with Crippen LogP contribution in [0.15, 0.2) is 30.3 Å². The van der Waals surface area contributed by atoms with Gasteiger partial charge in [0.15, 0.2) is 0 Å². The average molecular weight is 260 g/mol. The van der Waals surface area contributed by atoms with Crippen molar-refractivity contribution >= 4 is 0 Å². The maximum atomic E-state index is 3.55. The minimum absolute atomic E-state index is 0.443. The zero-order chi connectivity index (χ0) is 13.7. The van der Waals surface area contributed by atoms with Crippen molar-refractivity contribution in [2.24, 2.45) is 0 Å². The van der Waals surface area contributed by atoms with Crippen molar-refractivity contribution in [3.63, 3.8) is 0 Å². The molecule has 1 aromatic carbocycles. The van der Waals surface area contributed by atoms with Crippen molar-refractivity contribution in [2.75, 3.05) is 13.6 Å². The third-order valence-electron chi connectivity index (χ3n) is 4.20. The van der Waals surface area contributed by atoms with Gasteiger partial charge in [0.05, 0.1) is 0 Å². The molecular formula is C17H28N2. The third kappa shape index (κ3) is 3.58. The summed E-state index contributed by atoms with van der Waals surface area (Å²) >= 11 is 0. The Kier molecular flexibility index (Phi) is 5.41. The van der Waals surface area contributed by atoms with Gasteiger partial charge in [0, 0.05) is 18.1 Å². The minimum Gasteiger partial charge on any atom is -0.312 e. The van der Waals surface area contributed by atoms with Crippen molar-refractivity contribution in [1.82, 2.24) is 10.2 Å². The standard InChI is InChI=1S/C17H28N2/c1-4-13-19(15-11-12-15)16(5-2)17(18-3)14-9-7-6-8-10-14/h6-10,15-18H,4-5,11-13H2,1-3H3. The minimum atomic E-state index is 0.443. The van der Waals surface area contributed by atoms with E-state index in [4.69, 9.17) is 0 Å².